The Labute approximate surface area is 103 Å². The zero-order valence-electron chi connectivity index (χ0n) is 7.87. The molecule has 80 valence electrons. The Morgan fingerprint density at radius 1 is 1.40 bits per heavy atom. The van der Waals surface area contributed by atoms with Crippen LogP contribution < -0.4 is 0 Å². The minimum Gasteiger partial charge on any atom is -0.282 e. The first-order chi connectivity index (χ1) is 7.16. The van der Waals surface area contributed by atoms with Crippen molar-refractivity contribution in [3.05, 3.63) is 33.8 Å². The fourth-order valence-corrected chi connectivity index (χ4v) is 2.80. The maximum atomic E-state index is 11.4. The number of amides is 1. The molecule has 5 heteroatoms. The van der Waals surface area contributed by atoms with E-state index in [-0.39, 0.29) is 5.91 Å². The lowest BCUT2D eigenvalue weighted by atomic mass is 10.2. The molecule has 2 rings (SSSR count). The predicted molar refractivity (Wildman–Crippen MR) is 64.1 cm³/mol. The number of benzene rings is 1. The quantitative estimate of drug-likeness (QED) is 0.761. The first kappa shape index (κ1) is 11.1. The standard InChI is InChI=1S/C10H9Cl2NOS/c11-8-2-1-7(9(12)5-8)6-13-10(14)3-4-15-13/h1-2,5H,3-4,6H2. The van der Waals surface area contributed by atoms with Crippen LogP contribution in [0.3, 0.4) is 0 Å². The van der Waals surface area contributed by atoms with E-state index in [9.17, 15) is 4.79 Å². The molecule has 0 bridgehead atoms. The summed E-state index contributed by atoms with van der Waals surface area (Å²) in [6, 6.07) is 5.34. The van der Waals surface area contributed by atoms with Crippen LogP contribution in [0.2, 0.25) is 10.0 Å². The lowest BCUT2D eigenvalue weighted by molar-refractivity contribution is -0.125. The second-order valence-corrected chi connectivity index (χ2v) is 5.20. The van der Waals surface area contributed by atoms with Crippen LogP contribution in [0.15, 0.2) is 18.2 Å². The Hall–Kier alpha value is -0.380. The van der Waals surface area contributed by atoms with Gasteiger partial charge in [0.2, 0.25) is 5.91 Å². The fraction of sp³-hybridized carbons (Fsp3) is 0.300. The molecule has 0 saturated carbocycles. The maximum absolute atomic E-state index is 11.4. The molecule has 1 aromatic rings. The van der Waals surface area contributed by atoms with Gasteiger partial charge >= 0.3 is 0 Å². The average molecular weight is 262 g/mol. The van der Waals surface area contributed by atoms with Crippen molar-refractivity contribution in [3.8, 4) is 0 Å². The average Bonchev–Trinajstić information content (AvgIpc) is 2.57. The van der Waals surface area contributed by atoms with Crippen LogP contribution in [0.5, 0.6) is 0 Å². The van der Waals surface area contributed by atoms with Crippen LogP contribution >= 0.6 is 35.1 Å². The van der Waals surface area contributed by atoms with E-state index >= 15 is 0 Å². The minimum atomic E-state index is 0.172. The lowest BCUT2D eigenvalue weighted by Gasteiger charge is -2.14. The first-order valence-corrected chi connectivity index (χ1v) is 6.24. The van der Waals surface area contributed by atoms with Crippen molar-refractivity contribution in [1.29, 1.82) is 0 Å². The van der Waals surface area contributed by atoms with Crippen molar-refractivity contribution >= 4 is 41.1 Å². The highest BCUT2D eigenvalue weighted by molar-refractivity contribution is 7.97. The minimum absolute atomic E-state index is 0.172. The summed E-state index contributed by atoms with van der Waals surface area (Å²) in [4.78, 5) is 11.4. The molecule has 0 N–H and O–H groups in total. The fourth-order valence-electron chi connectivity index (χ4n) is 1.38. The molecule has 1 fully saturated rings. The molecule has 0 aliphatic carbocycles. The molecule has 1 saturated heterocycles. The van der Waals surface area contributed by atoms with E-state index in [1.54, 1.807) is 28.4 Å². The number of hydrogen-bond donors (Lipinski definition) is 0. The summed E-state index contributed by atoms with van der Waals surface area (Å²) >= 11 is 13.4. The van der Waals surface area contributed by atoms with Crippen molar-refractivity contribution in [2.45, 2.75) is 13.0 Å². The lowest BCUT2D eigenvalue weighted by Crippen LogP contribution is -2.17. The second kappa shape index (κ2) is 4.64. The summed E-state index contributed by atoms with van der Waals surface area (Å²) in [5.74, 6) is 1.04. The van der Waals surface area contributed by atoms with E-state index in [0.29, 0.717) is 23.0 Å². The second-order valence-electron chi connectivity index (χ2n) is 3.25. The first-order valence-electron chi connectivity index (χ1n) is 4.54. The van der Waals surface area contributed by atoms with Crippen LogP contribution in [-0.4, -0.2) is 16.0 Å². The van der Waals surface area contributed by atoms with Gasteiger partial charge in [0.05, 0.1) is 6.54 Å². The van der Waals surface area contributed by atoms with Gasteiger partial charge in [-0.25, -0.2) is 0 Å². The van der Waals surface area contributed by atoms with Crippen molar-refractivity contribution in [2.24, 2.45) is 0 Å². The van der Waals surface area contributed by atoms with Crippen LogP contribution in [0.1, 0.15) is 12.0 Å². The number of rotatable bonds is 2. The number of nitrogens with zero attached hydrogens (tertiary/aromatic N) is 1. The molecule has 0 aromatic heterocycles. The SMILES string of the molecule is O=C1CCSN1Cc1ccc(Cl)cc1Cl. The van der Waals surface area contributed by atoms with Crippen LogP contribution in [0.25, 0.3) is 0 Å². The zero-order valence-corrected chi connectivity index (χ0v) is 10.2. The Morgan fingerprint density at radius 2 is 2.20 bits per heavy atom. The Kier molecular flexibility index (Phi) is 3.44. The largest absolute Gasteiger partial charge is 0.282 e. The monoisotopic (exact) mass is 261 g/mol. The number of carbonyl (C=O) groups is 1. The topological polar surface area (TPSA) is 20.3 Å². The number of carbonyl (C=O) groups excluding carboxylic acids is 1. The van der Waals surface area contributed by atoms with Crippen molar-refractivity contribution in [2.75, 3.05) is 5.75 Å². The molecule has 15 heavy (non-hydrogen) atoms. The molecule has 1 aliphatic heterocycles. The van der Waals surface area contributed by atoms with Crippen LogP contribution in [-0.2, 0) is 11.3 Å². The highest BCUT2D eigenvalue weighted by Gasteiger charge is 2.21. The number of halogens is 2. The molecular weight excluding hydrogens is 253 g/mol. The molecule has 1 amide bonds. The van der Waals surface area contributed by atoms with E-state index in [1.807, 2.05) is 6.07 Å². The third kappa shape index (κ3) is 2.60. The highest BCUT2D eigenvalue weighted by atomic mass is 35.5. The summed E-state index contributed by atoms with van der Waals surface area (Å²) in [7, 11) is 0. The van der Waals surface area contributed by atoms with Gasteiger partial charge in [0.15, 0.2) is 0 Å². The molecule has 1 aromatic carbocycles. The van der Waals surface area contributed by atoms with Gasteiger partial charge in [-0.1, -0.05) is 29.3 Å². The zero-order chi connectivity index (χ0) is 10.8. The van der Waals surface area contributed by atoms with Gasteiger partial charge in [-0.15, -0.1) is 0 Å². The highest BCUT2D eigenvalue weighted by Crippen LogP contribution is 2.28. The third-order valence-corrected chi connectivity index (χ3v) is 3.79. The van der Waals surface area contributed by atoms with E-state index in [4.69, 9.17) is 23.2 Å². The molecule has 1 heterocycles. The van der Waals surface area contributed by atoms with Gasteiger partial charge in [0.25, 0.3) is 0 Å². The smallest absolute Gasteiger partial charge is 0.233 e. The van der Waals surface area contributed by atoms with E-state index in [2.05, 4.69) is 0 Å². The summed E-state index contributed by atoms with van der Waals surface area (Å²) in [6.07, 6.45) is 0.621. The van der Waals surface area contributed by atoms with Gasteiger partial charge in [0.1, 0.15) is 0 Å². The molecule has 1 aliphatic rings. The van der Waals surface area contributed by atoms with Gasteiger partial charge in [-0.2, -0.15) is 0 Å². The predicted octanol–water partition coefficient (Wildman–Crippen LogP) is 3.37. The summed E-state index contributed by atoms with van der Waals surface area (Å²) in [6.45, 7) is 0.555. The van der Waals surface area contributed by atoms with Crippen molar-refractivity contribution < 1.29 is 4.79 Å². The summed E-state index contributed by atoms with van der Waals surface area (Å²) < 4.78 is 1.75. The van der Waals surface area contributed by atoms with E-state index < -0.39 is 0 Å². The molecular formula is C10H9Cl2NOS. The van der Waals surface area contributed by atoms with Crippen LogP contribution in [0, 0.1) is 0 Å². The molecule has 0 atom stereocenters. The van der Waals surface area contributed by atoms with Gasteiger partial charge in [-0.3, -0.25) is 9.10 Å². The molecule has 0 spiro atoms. The Bertz CT molecular complexity index is 397. The van der Waals surface area contributed by atoms with E-state index in [0.717, 1.165) is 11.3 Å². The Morgan fingerprint density at radius 3 is 2.80 bits per heavy atom. The van der Waals surface area contributed by atoms with Gasteiger partial charge in [0, 0.05) is 22.2 Å². The molecule has 2 nitrogen and oxygen atoms in total. The van der Waals surface area contributed by atoms with Crippen molar-refractivity contribution in [1.82, 2.24) is 4.31 Å². The van der Waals surface area contributed by atoms with Crippen molar-refractivity contribution in [3.63, 3.8) is 0 Å². The Balaban J connectivity index is 2.13. The summed E-state index contributed by atoms with van der Waals surface area (Å²) in [5, 5.41) is 1.23. The molecule has 0 radical (unpaired) electrons. The third-order valence-electron chi connectivity index (χ3n) is 2.17. The van der Waals surface area contributed by atoms with Gasteiger partial charge in [-0.05, 0) is 29.6 Å². The normalized spacial score (nSPS) is 16.1. The van der Waals surface area contributed by atoms with E-state index in [1.165, 1.54) is 0 Å². The van der Waals surface area contributed by atoms with Gasteiger partial charge < -0.3 is 0 Å². The van der Waals surface area contributed by atoms with Crippen LogP contribution in [0.4, 0.5) is 0 Å². The summed E-state index contributed by atoms with van der Waals surface area (Å²) in [5.41, 5.74) is 0.934. The molecule has 0 unspecified atom stereocenters. The maximum Gasteiger partial charge on any atom is 0.233 e. The number of hydrogen-bond acceptors (Lipinski definition) is 2.